The van der Waals surface area contributed by atoms with Gasteiger partial charge in [-0.05, 0) is 6.42 Å². The fraction of sp³-hybridized carbons (Fsp3) is 1.00. The van der Waals surface area contributed by atoms with Gasteiger partial charge in [-0.15, -0.1) is 0 Å². The first-order valence-electron chi connectivity index (χ1n) is 4.29. The van der Waals surface area contributed by atoms with Crippen LogP contribution in [0.4, 0.5) is 0 Å². The fourth-order valence-electron chi connectivity index (χ4n) is 1.61. The van der Waals surface area contributed by atoms with Gasteiger partial charge in [-0.3, -0.25) is 0 Å². The van der Waals surface area contributed by atoms with E-state index < -0.39 is 5.97 Å². The Labute approximate surface area is 71.7 Å². The van der Waals surface area contributed by atoms with E-state index in [-0.39, 0.29) is 6.10 Å². The summed E-state index contributed by atoms with van der Waals surface area (Å²) in [5.41, 5.74) is 0. The lowest BCUT2D eigenvalue weighted by Gasteiger charge is -2.20. The van der Waals surface area contributed by atoms with E-state index in [1.54, 1.807) is 7.11 Å². The highest BCUT2D eigenvalue weighted by atomic mass is 16.9. The molecule has 0 bridgehead atoms. The molecule has 2 fully saturated rings. The normalized spacial score (nSPS) is 41.2. The van der Waals surface area contributed by atoms with Crippen LogP contribution in [0.1, 0.15) is 12.8 Å². The molecule has 2 aliphatic heterocycles. The predicted molar refractivity (Wildman–Crippen MR) is 40.6 cm³/mol. The van der Waals surface area contributed by atoms with Gasteiger partial charge >= 0.3 is 0 Å². The number of methoxy groups -OCH3 is 1. The average molecular weight is 174 g/mol. The summed E-state index contributed by atoms with van der Waals surface area (Å²) >= 11 is 0. The van der Waals surface area contributed by atoms with E-state index in [1.165, 1.54) is 0 Å². The second kappa shape index (κ2) is 3.30. The van der Waals surface area contributed by atoms with E-state index in [9.17, 15) is 0 Å². The van der Waals surface area contributed by atoms with Gasteiger partial charge in [-0.25, -0.2) is 0 Å². The summed E-state index contributed by atoms with van der Waals surface area (Å²) < 4.78 is 21.4. The molecular formula is C8H14O4. The van der Waals surface area contributed by atoms with Crippen LogP contribution < -0.4 is 0 Å². The molecule has 12 heavy (non-hydrogen) atoms. The number of hydrogen-bond acceptors (Lipinski definition) is 4. The van der Waals surface area contributed by atoms with Crippen LogP contribution in [-0.2, 0) is 18.9 Å². The molecule has 0 N–H and O–H groups in total. The Morgan fingerprint density at radius 3 is 3.08 bits per heavy atom. The van der Waals surface area contributed by atoms with Crippen molar-refractivity contribution in [1.29, 1.82) is 0 Å². The van der Waals surface area contributed by atoms with Crippen molar-refractivity contribution in [2.24, 2.45) is 0 Å². The van der Waals surface area contributed by atoms with Crippen molar-refractivity contribution in [3.8, 4) is 0 Å². The van der Waals surface area contributed by atoms with Crippen LogP contribution >= 0.6 is 0 Å². The largest absolute Gasteiger partial charge is 0.382 e. The third-order valence-electron chi connectivity index (χ3n) is 2.14. The molecule has 0 amide bonds. The number of ether oxygens (including phenoxy) is 4. The molecule has 4 heteroatoms. The maximum Gasteiger partial charge on any atom is 0.283 e. The van der Waals surface area contributed by atoms with E-state index >= 15 is 0 Å². The van der Waals surface area contributed by atoms with E-state index in [2.05, 4.69) is 0 Å². The van der Waals surface area contributed by atoms with Crippen LogP contribution in [0.15, 0.2) is 0 Å². The molecule has 0 aromatic heterocycles. The van der Waals surface area contributed by atoms with Gasteiger partial charge in [0.25, 0.3) is 5.97 Å². The van der Waals surface area contributed by atoms with Crippen molar-refractivity contribution < 1.29 is 18.9 Å². The quantitative estimate of drug-likeness (QED) is 0.611. The standard InChI is InChI=1S/C8H14O4/c1-9-5-7-6-11-8(12-7)3-2-4-10-8/h7H,2-6H2,1H3. The lowest BCUT2D eigenvalue weighted by molar-refractivity contribution is -0.315. The third kappa shape index (κ3) is 1.47. The zero-order valence-electron chi connectivity index (χ0n) is 7.25. The van der Waals surface area contributed by atoms with Crippen LogP contribution in [0.2, 0.25) is 0 Å². The Hall–Kier alpha value is -0.160. The monoisotopic (exact) mass is 174 g/mol. The first-order valence-corrected chi connectivity index (χ1v) is 4.29. The Kier molecular flexibility index (Phi) is 2.32. The molecule has 2 atom stereocenters. The third-order valence-corrected chi connectivity index (χ3v) is 2.14. The highest BCUT2D eigenvalue weighted by molar-refractivity contribution is 4.74. The molecule has 0 aromatic rings. The van der Waals surface area contributed by atoms with E-state index in [4.69, 9.17) is 18.9 Å². The topological polar surface area (TPSA) is 36.9 Å². The zero-order valence-corrected chi connectivity index (χ0v) is 7.25. The highest BCUT2D eigenvalue weighted by Crippen LogP contribution is 2.34. The Morgan fingerprint density at radius 1 is 1.50 bits per heavy atom. The van der Waals surface area contributed by atoms with Gasteiger partial charge in [0.1, 0.15) is 6.10 Å². The SMILES string of the molecule is COCC1COC2(CCCO2)O1. The summed E-state index contributed by atoms with van der Waals surface area (Å²) in [5.74, 6) is -0.719. The van der Waals surface area contributed by atoms with Crippen LogP contribution in [-0.4, -0.2) is 39.0 Å². The minimum Gasteiger partial charge on any atom is -0.382 e. The Balaban J connectivity index is 1.88. The summed E-state index contributed by atoms with van der Waals surface area (Å²) in [6.45, 7) is 1.89. The van der Waals surface area contributed by atoms with Gasteiger partial charge in [0.2, 0.25) is 0 Å². The minimum atomic E-state index is -0.719. The summed E-state index contributed by atoms with van der Waals surface area (Å²) in [7, 11) is 1.66. The molecule has 4 nitrogen and oxygen atoms in total. The van der Waals surface area contributed by atoms with Gasteiger partial charge in [0.05, 0.1) is 19.8 Å². The lowest BCUT2D eigenvalue weighted by atomic mass is 10.3. The van der Waals surface area contributed by atoms with Crippen molar-refractivity contribution >= 4 is 0 Å². The molecule has 0 saturated carbocycles. The van der Waals surface area contributed by atoms with Gasteiger partial charge in [0, 0.05) is 13.5 Å². The summed E-state index contributed by atoms with van der Waals surface area (Å²) in [6, 6.07) is 0. The van der Waals surface area contributed by atoms with Gasteiger partial charge in [-0.1, -0.05) is 0 Å². The molecule has 2 aliphatic rings. The highest BCUT2D eigenvalue weighted by Gasteiger charge is 2.45. The fourth-order valence-corrected chi connectivity index (χ4v) is 1.61. The van der Waals surface area contributed by atoms with Crippen molar-refractivity contribution in [3.05, 3.63) is 0 Å². The van der Waals surface area contributed by atoms with Crippen molar-refractivity contribution in [1.82, 2.24) is 0 Å². The maximum absolute atomic E-state index is 5.58. The van der Waals surface area contributed by atoms with Crippen molar-refractivity contribution in [3.63, 3.8) is 0 Å². The molecule has 2 heterocycles. The molecule has 1 spiro atoms. The summed E-state index contributed by atoms with van der Waals surface area (Å²) in [4.78, 5) is 0. The molecule has 0 aliphatic carbocycles. The zero-order chi connectivity index (χ0) is 8.44. The molecule has 2 unspecified atom stereocenters. The molecular weight excluding hydrogens is 160 g/mol. The molecule has 0 radical (unpaired) electrons. The van der Waals surface area contributed by atoms with E-state index in [0.717, 1.165) is 19.4 Å². The van der Waals surface area contributed by atoms with E-state index in [1.807, 2.05) is 0 Å². The summed E-state index contributed by atoms with van der Waals surface area (Å²) in [5, 5.41) is 0. The first kappa shape index (κ1) is 8.44. The van der Waals surface area contributed by atoms with Gasteiger partial charge in [0.15, 0.2) is 0 Å². The lowest BCUT2D eigenvalue weighted by Crippen LogP contribution is -2.30. The van der Waals surface area contributed by atoms with Crippen molar-refractivity contribution in [2.75, 3.05) is 26.9 Å². The van der Waals surface area contributed by atoms with Crippen LogP contribution in [0, 0.1) is 0 Å². The number of hydrogen-bond donors (Lipinski definition) is 0. The smallest absolute Gasteiger partial charge is 0.283 e. The summed E-state index contributed by atoms with van der Waals surface area (Å²) in [6.07, 6.45) is 1.89. The van der Waals surface area contributed by atoms with Crippen LogP contribution in [0.5, 0.6) is 0 Å². The van der Waals surface area contributed by atoms with E-state index in [0.29, 0.717) is 13.2 Å². The molecule has 0 aromatic carbocycles. The Morgan fingerprint density at radius 2 is 2.42 bits per heavy atom. The van der Waals surface area contributed by atoms with Gasteiger partial charge < -0.3 is 18.9 Å². The second-order valence-electron chi connectivity index (χ2n) is 3.14. The predicted octanol–water partition coefficient (Wildman–Crippen LogP) is 0.512. The van der Waals surface area contributed by atoms with Crippen LogP contribution in [0.3, 0.4) is 0 Å². The van der Waals surface area contributed by atoms with Crippen molar-refractivity contribution in [2.45, 2.75) is 24.9 Å². The van der Waals surface area contributed by atoms with Gasteiger partial charge in [-0.2, -0.15) is 0 Å². The first-order chi connectivity index (χ1) is 5.85. The number of rotatable bonds is 2. The maximum atomic E-state index is 5.58. The van der Waals surface area contributed by atoms with Crippen LogP contribution in [0.25, 0.3) is 0 Å². The minimum absolute atomic E-state index is 0.0353. The molecule has 70 valence electrons. The molecule has 2 rings (SSSR count). The average Bonchev–Trinajstić information content (AvgIpc) is 2.65. The molecule has 2 saturated heterocycles. The second-order valence-corrected chi connectivity index (χ2v) is 3.14. The Bertz CT molecular complexity index is 153.